The normalized spacial score (nSPS) is 57.8. The summed E-state index contributed by atoms with van der Waals surface area (Å²) in [7, 11) is 0. The summed E-state index contributed by atoms with van der Waals surface area (Å²) < 4.78 is 59.6. The van der Waals surface area contributed by atoms with Gasteiger partial charge in [0.05, 0.1) is 1.37 Å². The van der Waals surface area contributed by atoms with Crippen LogP contribution in [-0.2, 0) is 14.4 Å². The summed E-state index contributed by atoms with van der Waals surface area (Å²) in [4.78, 5) is 38.9. The Labute approximate surface area is 163 Å². The van der Waals surface area contributed by atoms with Crippen LogP contribution in [0.4, 0.5) is 0 Å². The highest BCUT2D eigenvalue weighted by Crippen LogP contribution is 2.66. The number of rotatable bonds is 2. The predicted octanol–water partition coefficient (Wildman–Crippen LogP) is 1.99. The van der Waals surface area contributed by atoms with Crippen molar-refractivity contribution in [2.75, 3.05) is 6.61 Å². The Hall–Kier alpha value is -1.33. The van der Waals surface area contributed by atoms with Crippen molar-refractivity contribution in [3.63, 3.8) is 0 Å². The molecule has 142 valence electrons. The van der Waals surface area contributed by atoms with Crippen molar-refractivity contribution in [1.82, 2.24) is 0 Å². The first-order chi connectivity index (χ1) is 14.8. The minimum atomic E-state index is -2.76. The van der Waals surface area contributed by atoms with Gasteiger partial charge in [0, 0.05) is 32.3 Å². The zero-order chi connectivity index (χ0) is 25.2. The lowest BCUT2D eigenvalue weighted by molar-refractivity contribution is -0.170. The third kappa shape index (κ3) is 2.07. The van der Waals surface area contributed by atoms with E-state index in [1.165, 1.54) is 13.8 Å². The van der Waals surface area contributed by atoms with Gasteiger partial charge < -0.3 is 10.2 Å². The van der Waals surface area contributed by atoms with Crippen LogP contribution >= 0.6 is 0 Å². The summed E-state index contributed by atoms with van der Waals surface area (Å²) >= 11 is 0. The molecule has 0 aliphatic heterocycles. The first kappa shape index (κ1) is 11.5. The van der Waals surface area contributed by atoms with Crippen LogP contribution in [-0.4, -0.2) is 39.8 Å². The molecule has 3 fully saturated rings. The molecular weight excluding hydrogens is 332 g/mol. The molecule has 5 heteroatoms. The van der Waals surface area contributed by atoms with E-state index in [2.05, 4.69) is 0 Å². The van der Waals surface area contributed by atoms with Crippen molar-refractivity contribution >= 4 is 17.3 Å². The fourth-order valence-electron chi connectivity index (χ4n) is 5.78. The molecule has 6 atom stereocenters. The van der Waals surface area contributed by atoms with Crippen LogP contribution in [0.3, 0.4) is 0 Å². The zero-order valence-corrected chi connectivity index (χ0v) is 14.9. The number of carbonyl (C=O) groups is 3. The van der Waals surface area contributed by atoms with Crippen LogP contribution in [0.5, 0.6) is 0 Å². The average Bonchev–Trinajstić information content (AvgIpc) is 2.96. The second-order valence-electron chi connectivity index (χ2n) is 8.40. The Morgan fingerprint density at radius 2 is 2.04 bits per heavy atom. The molecule has 0 aromatic carbocycles. The van der Waals surface area contributed by atoms with Crippen molar-refractivity contribution in [3.8, 4) is 0 Å². The van der Waals surface area contributed by atoms with E-state index in [4.69, 9.17) is 9.60 Å². The van der Waals surface area contributed by atoms with Crippen LogP contribution in [0.2, 0.25) is 0 Å². The van der Waals surface area contributed by atoms with Gasteiger partial charge in [-0.2, -0.15) is 0 Å². The second-order valence-corrected chi connectivity index (χ2v) is 8.40. The lowest BCUT2D eigenvalue weighted by atomic mass is 9.46. The Kier molecular flexibility index (Phi) is 2.47. The van der Waals surface area contributed by atoms with E-state index in [1.54, 1.807) is 0 Å². The molecule has 0 saturated heterocycles. The lowest BCUT2D eigenvalue weighted by Gasteiger charge is -2.57. The molecule has 3 saturated carbocycles. The van der Waals surface area contributed by atoms with Gasteiger partial charge in [-0.05, 0) is 55.4 Å². The molecule has 0 spiro atoms. The van der Waals surface area contributed by atoms with Gasteiger partial charge in [0.25, 0.3) is 0 Å². The van der Waals surface area contributed by atoms with Crippen LogP contribution in [0.25, 0.3) is 0 Å². The maximum absolute atomic E-state index is 13.8. The van der Waals surface area contributed by atoms with Gasteiger partial charge in [-0.3, -0.25) is 14.4 Å². The molecular formula is C21H28O5. The molecule has 0 aromatic heterocycles. The molecule has 0 aromatic rings. The number of ketones is 3. The number of fused-ring (bicyclic) bond motifs is 5. The van der Waals surface area contributed by atoms with Crippen LogP contribution < -0.4 is 0 Å². The number of hydrogen-bond donors (Lipinski definition) is 2. The van der Waals surface area contributed by atoms with E-state index in [0.717, 1.165) is 0 Å². The number of hydrogen-bond acceptors (Lipinski definition) is 5. The van der Waals surface area contributed by atoms with Crippen molar-refractivity contribution < 1.29 is 34.2 Å². The molecule has 5 nitrogen and oxygen atoms in total. The first-order valence-electron chi connectivity index (χ1n) is 12.5. The van der Waals surface area contributed by atoms with E-state index in [9.17, 15) is 24.6 Å². The number of Topliss-reactive ketones (excluding diaryl/α,β-unsaturated/α-hetero) is 2. The van der Waals surface area contributed by atoms with Gasteiger partial charge in [-0.1, -0.05) is 19.4 Å². The standard InChI is InChI=1S/C21H28O5/c1-19-7-5-13(23)9-12(19)3-4-14-15-6-8-21(26,17(25)11-22)20(15,2)10-16(24)18(14)19/h9,14-15,18,22,26H,3-8,10-11H2,1-2H3/t14?,15?,18?,19-,20-,21-/m0/s1/i3D2,5D2,9D,10D2. The van der Waals surface area contributed by atoms with Crippen LogP contribution in [0.1, 0.15) is 68.2 Å². The maximum atomic E-state index is 13.8. The molecule has 0 bridgehead atoms. The fraction of sp³-hybridized carbons (Fsp3) is 0.762. The molecule has 4 rings (SSSR count). The molecule has 0 radical (unpaired) electrons. The summed E-state index contributed by atoms with van der Waals surface area (Å²) in [5, 5.41) is 20.8. The summed E-state index contributed by atoms with van der Waals surface area (Å²) in [6.07, 6.45) is -8.51. The molecule has 26 heavy (non-hydrogen) atoms. The molecule has 4 aliphatic rings. The van der Waals surface area contributed by atoms with Gasteiger partial charge in [-0.15, -0.1) is 0 Å². The highest BCUT2D eigenvalue weighted by molar-refractivity contribution is 5.94. The van der Waals surface area contributed by atoms with E-state index in [1.807, 2.05) is 0 Å². The first-order valence-corrected chi connectivity index (χ1v) is 9.02. The zero-order valence-electron chi connectivity index (χ0n) is 21.9. The van der Waals surface area contributed by atoms with Gasteiger partial charge >= 0.3 is 0 Å². The van der Waals surface area contributed by atoms with Gasteiger partial charge in [0.2, 0.25) is 0 Å². The van der Waals surface area contributed by atoms with E-state index in [-0.39, 0.29) is 24.8 Å². The second kappa shape index (κ2) is 5.59. The van der Waals surface area contributed by atoms with E-state index in [0.29, 0.717) is 0 Å². The van der Waals surface area contributed by atoms with Crippen molar-refractivity contribution in [2.24, 2.45) is 28.6 Å². The highest BCUT2D eigenvalue weighted by atomic mass is 16.3. The topological polar surface area (TPSA) is 91.7 Å². The van der Waals surface area contributed by atoms with Crippen molar-refractivity contribution in [1.29, 1.82) is 0 Å². The summed E-state index contributed by atoms with van der Waals surface area (Å²) in [6, 6.07) is -0.808. The quantitative estimate of drug-likeness (QED) is 0.779. The summed E-state index contributed by atoms with van der Waals surface area (Å²) in [5.41, 5.74) is -6.16. The minimum absolute atomic E-state index is 0.109. The molecule has 2 N–H and O–H groups in total. The van der Waals surface area contributed by atoms with Gasteiger partial charge in [-0.25, -0.2) is 0 Å². The fourth-order valence-corrected chi connectivity index (χ4v) is 5.78. The number of aliphatic hydroxyl groups is 2. The lowest BCUT2D eigenvalue weighted by Crippen LogP contribution is -2.60. The van der Waals surface area contributed by atoms with E-state index >= 15 is 0 Å². The highest BCUT2D eigenvalue weighted by Gasteiger charge is 2.68. The Morgan fingerprint density at radius 3 is 2.73 bits per heavy atom. The third-order valence-corrected chi connectivity index (χ3v) is 7.26. The molecule has 0 heterocycles. The number of allylic oxidation sites excluding steroid dienone is 1. The molecule has 0 amide bonds. The summed E-state index contributed by atoms with van der Waals surface area (Å²) in [6.45, 7) is 1.69. The Balaban J connectivity index is 1.98. The number of carbonyl (C=O) groups excluding carboxylic acids is 3. The van der Waals surface area contributed by atoms with Gasteiger partial charge in [0.15, 0.2) is 11.6 Å². The maximum Gasteiger partial charge on any atom is 0.190 e. The largest absolute Gasteiger partial charge is 0.388 e. The Morgan fingerprint density at radius 1 is 1.31 bits per heavy atom. The van der Waals surface area contributed by atoms with Crippen LogP contribution in [0.15, 0.2) is 11.6 Å². The van der Waals surface area contributed by atoms with Crippen LogP contribution in [0, 0.1) is 28.6 Å². The predicted molar refractivity (Wildman–Crippen MR) is 94.1 cm³/mol. The number of aliphatic hydroxyl groups excluding tert-OH is 1. The van der Waals surface area contributed by atoms with Gasteiger partial charge in [0.1, 0.15) is 18.0 Å². The molecule has 4 aliphatic carbocycles. The summed E-state index contributed by atoms with van der Waals surface area (Å²) in [5.74, 6) is -6.06. The van der Waals surface area contributed by atoms with E-state index < -0.39 is 89.7 Å². The van der Waals surface area contributed by atoms with Crippen molar-refractivity contribution in [3.05, 3.63) is 11.6 Å². The van der Waals surface area contributed by atoms with Crippen molar-refractivity contribution in [2.45, 2.75) is 64.3 Å². The average molecular weight is 367 g/mol. The third-order valence-electron chi connectivity index (χ3n) is 7.26. The monoisotopic (exact) mass is 367 g/mol. The smallest absolute Gasteiger partial charge is 0.190 e. The molecule has 3 unspecified atom stereocenters. The SMILES string of the molecule is [2H]C1=C2C([2H])([2H])CC3C(C(=O)C([2H])([2H])[C@@]4(C)C3CC[C@]4(O)C(=O)CO)[C@@]2(C)CC([2H])([2H])C1=O. The Bertz CT molecular complexity index is 1010. The minimum Gasteiger partial charge on any atom is -0.388 e.